The van der Waals surface area contributed by atoms with E-state index in [4.69, 9.17) is 27.6 Å². The third-order valence-electron chi connectivity index (χ3n) is 4.08. The van der Waals surface area contributed by atoms with E-state index in [2.05, 4.69) is 15.3 Å². The normalized spacial score (nSPS) is 10.9. The number of anilines is 1. The van der Waals surface area contributed by atoms with Crippen molar-refractivity contribution in [1.29, 1.82) is 0 Å². The third-order valence-corrected chi connectivity index (χ3v) is 4.82. The summed E-state index contributed by atoms with van der Waals surface area (Å²) < 4.78 is 5.75. The van der Waals surface area contributed by atoms with E-state index in [1.54, 1.807) is 30.5 Å². The number of benzene rings is 2. The number of pyridine rings is 1. The Morgan fingerprint density at radius 3 is 2.70 bits per heavy atom. The van der Waals surface area contributed by atoms with Crippen LogP contribution in [0.1, 0.15) is 15.9 Å². The second-order valence-electron chi connectivity index (χ2n) is 5.96. The second-order valence-corrected chi connectivity index (χ2v) is 6.77. The van der Waals surface area contributed by atoms with Crippen LogP contribution in [0.4, 0.5) is 5.69 Å². The molecule has 0 aliphatic heterocycles. The lowest BCUT2D eigenvalue weighted by Crippen LogP contribution is -2.12. The molecule has 0 bridgehead atoms. The fourth-order valence-corrected chi connectivity index (χ4v) is 2.91. The molecule has 0 unspecified atom stereocenters. The molecule has 0 fully saturated rings. The highest BCUT2D eigenvalue weighted by Crippen LogP contribution is 2.28. The van der Waals surface area contributed by atoms with Gasteiger partial charge in [0.2, 0.25) is 5.89 Å². The summed E-state index contributed by atoms with van der Waals surface area (Å²) in [5, 5.41) is 3.62. The van der Waals surface area contributed by atoms with E-state index in [0.717, 1.165) is 11.1 Å². The number of amides is 1. The van der Waals surface area contributed by atoms with Crippen LogP contribution in [0.5, 0.6) is 0 Å². The lowest BCUT2D eigenvalue weighted by Gasteiger charge is -2.10. The summed E-state index contributed by atoms with van der Waals surface area (Å²) >= 11 is 11.9. The van der Waals surface area contributed by atoms with Crippen molar-refractivity contribution < 1.29 is 9.21 Å². The van der Waals surface area contributed by atoms with Crippen molar-refractivity contribution in [2.24, 2.45) is 0 Å². The van der Waals surface area contributed by atoms with Gasteiger partial charge in [-0.15, -0.1) is 0 Å². The molecule has 4 aromatic rings. The lowest BCUT2D eigenvalue weighted by molar-refractivity contribution is 0.102. The lowest BCUT2D eigenvalue weighted by atomic mass is 10.1. The van der Waals surface area contributed by atoms with E-state index >= 15 is 0 Å². The van der Waals surface area contributed by atoms with Crippen LogP contribution in [0.25, 0.3) is 22.7 Å². The first-order valence-corrected chi connectivity index (χ1v) is 8.86. The molecule has 1 amide bonds. The minimum atomic E-state index is -0.284. The molecule has 0 aliphatic carbocycles. The van der Waals surface area contributed by atoms with Crippen LogP contribution in [0, 0.1) is 6.92 Å². The molecule has 5 nitrogen and oxygen atoms in total. The van der Waals surface area contributed by atoms with Gasteiger partial charge in [0.15, 0.2) is 11.2 Å². The number of nitrogens with zero attached hydrogens (tertiary/aromatic N) is 2. The summed E-state index contributed by atoms with van der Waals surface area (Å²) in [5.41, 5.74) is 3.85. The van der Waals surface area contributed by atoms with Crippen molar-refractivity contribution in [2.75, 3.05) is 5.32 Å². The van der Waals surface area contributed by atoms with E-state index in [0.29, 0.717) is 38.4 Å². The van der Waals surface area contributed by atoms with Gasteiger partial charge < -0.3 is 9.73 Å². The Morgan fingerprint density at radius 2 is 1.93 bits per heavy atom. The van der Waals surface area contributed by atoms with Gasteiger partial charge in [-0.25, -0.2) is 4.98 Å². The number of hydrogen-bond donors (Lipinski definition) is 1. The van der Waals surface area contributed by atoms with E-state index in [9.17, 15) is 4.79 Å². The Labute approximate surface area is 165 Å². The molecular formula is C20H13Cl2N3O2. The molecule has 1 N–H and O–H groups in total. The molecule has 134 valence electrons. The first kappa shape index (κ1) is 17.5. The van der Waals surface area contributed by atoms with Gasteiger partial charge in [-0.3, -0.25) is 4.79 Å². The largest absolute Gasteiger partial charge is 0.434 e. The first-order chi connectivity index (χ1) is 13.0. The molecule has 0 radical (unpaired) electrons. The van der Waals surface area contributed by atoms with Crippen LogP contribution in [0.2, 0.25) is 10.0 Å². The van der Waals surface area contributed by atoms with Gasteiger partial charge in [0.25, 0.3) is 5.91 Å². The van der Waals surface area contributed by atoms with Crippen LogP contribution in [-0.4, -0.2) is 15.9 Å². The van der Waals surface area contributed by atoms with Crippen molar-refractivity contribution in [3.8, 4) is 11.5 Å². The number of nitrogens with one attached hydrogen (secondary N) is 1. The number of fused-ring (bicyclic) bond motifs is 1. The van der Waals surface area contributed by atoms with Crippen LogP contribution in [-0.2, 0) is 0 Å². The molecular weight excluding hydrogens is 385 g/mol. The third kappa shape index (κ3) is 3.52. The smallest absolute Gasteiger partial charge is 0.255 e. The number of carbonyl (C=O) groups is 1. The Morgan fingerprint density at radius 1 is 1.07 bits per heavy atom. The average molecular weight is 398 g/mol. The minimum absolute atomic E-state index is 0.284. The minimum Gasteiger partial charge on any atom is -0.434 e. The number of carbonyl (C=O) groups excluding carboxylic acids is 1. The number of hydrogen-bond acceptors (Lipinski definition) is 4. The summed E-state index contributed by atoms with van der Waals surface area (Å²) in [5.74, 6) is 0.154. The van der Waals surface area contributed by atoms with Crippen molar-refractivity contribution >= 4 is 46.0 Å². The molecule has 27 heavy (non-hydrogen) atoms. The summed E-state index contributed by atoms with van der Waals surface area (Å²) in [6.45, 7) is 1.90. The highest BCUT2D eigenvalue weighted by atomic mass is 35.5. The molecule has 2 heterocycles. The maximum absolute atomic E-state index is 12.6. The molecule has 0 spiro atoms. The number of rotatable bonds is 3. The summed E-state index contributed by atoms with van der Waals surface area (Å²) in [4.78, 5) is 21.1. The Kier molecular flexibility index (Phi) is 4.56. The van der Waals surface area contributed by atoms with Gasteiger partial charge in [-0.2, -0.15) is 4.98 Å². The molecule has 7 heteroatoms. The van der Waals surface area contributed by atoms with E-state index in [1.165, 1.54) is 6.07 Å². The predicted octanol–water partition coefficient (Wildman–Crippen LogP) is 5.76. The number of oxazole rings is 1. The van der Waals surface area contributed by atoms with Crippen molar-refractivity contribution in [3.05, 3.63) is 75.9 Å². The first-order valence-electron chi connectivity index (χ1n) is 8.10. The van der Waals surface area contributed by atoms with Crippen LogP contribution in [0.15, 0.2) is 59.1 Å². The van der Waals surface area contributed by atoms with Crippen LogP contribution >= 0.6 is 23.2 Å². The van der Waals surface area contributed by atoms with E-state index in [-0.39, 0.29) is 5.91 Å². The fourth-order valence-electron chi connectivity index (χ4n) is 2.61. The SMILES string of the molecule is Cc1ccc(-c2nc3ncccc3o2)cc1NC(=O)c1ccc(Cl)c(Cl)c1. The molecule has 0 aliphatic rings. The van der Waals surface area contributed by atoms with Crippen LogP contribution in [0.3, 0.4) is 0 Å². The topological polar surface area (TPSA) is 68.0 Å². The molecule has 0 atom stereocenters. The summed E-state index contributed by atoms with van der Waals surface area (Å²) in [6, 6.07) is 13.9. The zero-order valence-electron chi connectivity index (χ0n) is 14.2. The van der Waals surface area contributed by atoms with E-state index < -0.39 is 0 Å². The Balaban J connectivity index is 1.66. The molecule has 0 saturated carbocycles. The Hall–Kier alpha value is -2.89. The van der Waals surface area contributed by atoms with Crippen molar-refractivity contribution in [1.82, 2.24) is 9.97 Å². The Bertz CT molecular complexity index is 1140. The number of aromatic nitrogens is 2. The standard InChI is InChI=1S/C20H13Cl2N3O2/c1-11-4-5-13(20-25-18-17(27-20)3-2-8-23-18)10-16(11)24-19(26)12-6-7-14(21)15(22)9-12/h2-10H,1H3,(H,24,26). The zero-order chi connectivity index (χ0) is 19.0. The van der Waals surface area contributed by atoms with Gasteiger partial charge in [-0.05, 0) is 55.0 Å². The van der Waals surface area contributed by atoms with Crippen LogP contribution < -0.4 is 5.32 Å². The zero-order valence-corrected chi connectivity index (χ0v) is 15.7. The maximum Gasteiger partial charge on any atom is 0.255 e. The average Bonchev–Trinajstić information content (AvgIpc) is 3.10. The highest BCUT2D eigenvalue weighted by Gasteiger charge is 2.13. The van der Waals surface area contributed by atoms with Gasteiger partial charge in [0.1, 0.15) is 0 Å². The molecule has 2 aromatic heterocycles. The molecule has 4 rings (SSSR count). The predicted molar refractivity (Wildman–Crippen MR) is 106 cm³/mol. The summed E-state index contributed by atoms with van der Waals surface area (Å²) in [7, 11) is 0. The monoisotopic (exact) mass is 397 g/mol. The molecule has 2 aromatic carbocycles. The maximum atomic E-state index is 12.6. The van der Waals surface area contributed by atoms with Gasteiger partial charge in [0.05, 0.1) is 10.0 Å². The van der Waals surface area contributed by atoms with Crippen molar-refractivity contribution in [2.45, 2.75) is 6.92 Å². The van der Waals surface area contributed by atoms with E-state index in [1.807, 2.05) is 25.1 Å². The summed E-state index contributed by atoms with van der Waals surface area (Å²) in [6.07, 6.45) is 1.66. The number of halogens is 2. The number of aryl methyl sites for hydroxylation is 1. The van der Waals surface area contributed by atoms with Crippen molar-refractivity contribution in [3.63, 3.8) is 0 Å². The quantitative estimate of drug-likeness (QED) is 0.477. The highest BCUT2D eigenvalue weighted by molar-refractivity contribution is 6.42. The molecule has 0 saturated heterocycles. The van der Waals surface area contributed by atoms with Gasteiger partial charge in [0, 0.05) is 23.0 Å². The van der Waals surface area contributed by atoms with Gasteiger partial charge >= 0.3 is 0 Å². The van der Waals surface area contributed by atoms with Gasteiger partial charge in [-0.1, -0.05) is 29.3 Å². The second kappa shape index (κ2) is 7.02. The fraction of sp³-hybridized carbons (Fsp3) is 0.0500.